The number of amides is 1. The van der Waals surface area contributed by atoms with Crippen LogP contribution in [0.15, 0.2) is 97.6 Å². The van der Waals surface area contributed by atoms with Crippen molar-refractivity contribution < 1.29 is 14.3 Å². The average Bonchev–Trinajstić information content (AvgIpc) is 3.25. The minimum Gasteiger partial charge on any atom is -0.495 e. The number of hydrogen-bond acceptors (Lipinski definition) is 10. The number of pyridine rings is 2. The molecule has 1 amide bonds. The van der Waals surface area contributed by atoms with Crippen LogP contribution >= 0.6 is 0 Å². The smallest absolute Gasteiger partial charge is 0.223 e. The zero-order valence-electron chi connectivity index (χ0n) is 33.5. The lowest BCUT2D eigenvalue weighted by Crippen LogP contribution is -2.53. The molecule has 3 N–H and O–H groups in total. The molecular weight excluding hydrogens is 701 g/mol. The molecular formula is C45H62N8O3. The summed E-state index contributed by atoms with van der Waals surface area (Å²) in [7, 11) is 3.46. The highest BCUT2D eigenvalue weighted by molar-refractivity contribution is 5.79. The number of para-hydroxylation sites is 4. The van der Waals surface area contributed by atoms with E-state index in [9.17, 15) is 4.79 Å². The first-order chi connectivity index (χ1) is 27.5. The Bertz CT molecular complexity index is 1730. The number of hydrogen-bond donors (Lipinski definition) is 2. The van der Waals surface area contributed by atoms with E-state index in [1.165, 1.54) is 36.1 Å². The zero-order valence-corrected chi connectivity index (χ0v) is 33.5. The van der Waals surface area contributed by atoms with Gasteiger partial charge in [0.15, 0.2) is 0 Å². The van der Waals surface area contributed by atoms with Crippen molar-refractivity contribution in [3.05, 3.63) is 109 Å². The summed E-state index contributed by atoms with van der Waals surface area (Å²) >= 11 is 0. The lowest BCUT2D eigenvalue weighted by atomic mass is 9.88. The Kier molecular flexibility index (Phi) is 15.8. The fourth-order valence-corrected chi connectivity index (χ4v) is 8.30. The molecule has 3 fully saturated rings. The summed E-state index contributed by atoms with van der Waals surface area (Å²) in [6, 6.07) is 24.9. The van der Waals surface area contributed by atoms with Gasteiger partial charge in [-0.25, -0.2) is 0 Å². The maximum absolute atomic E-state index is 13.0. The molecule has 4 heterocycles. The summed E-state index contributed by atoms with van der Waals surface area (Å²) < 4.78 is 11.0. The van der Waals surface area contributed by atoms with Gasteiger partial charge in [0, 0.05) is 108 Å². The summed E-state index contributed by atoms with van der Waals surface area (Å²) in [5.41, 5.74) is 11.2. The first-order valence-electron chi connectivity index (χ1n) is 20.5. The molecule has 1 aliphatic carbocycles. The van der Waals surface area contributed by atoms with Crippen LogP contribution in [0.4, 0.5) is 11.4 Å². The second-order valence-electron chi connectivity index (χ2n) is 15.3. The van der Waals surface area contributed by atoms with Crippen LogP contribution in [0.5, 0.6) is 11.5 Å². The number of benzene rings is 2. The van der Waals surface area contributed by atoms with Gasteiger partial charge in [-0.2, -0.15) is 0 Å². The van der Waals surface area contributed by atoms with Crippen molar-refractivity contribution in [3.8, 4) is 11.5 Å². The Morgan fingerprint density at radius 2 is 1.12 bits per heavy atom. The molecule has 0 bridgehead atoms. The number of methoxy groups -OCH3 is 2. The standard InChI is InChI=1S/C26H36N4O2.C19H26N4O/c1-32-25-10-6-5-9-24(25)30-17-15-29(16-18-30)20-23(19-21-11-13-27-14-12-21)28-26(31)22-7-3-2-4-8-22;1-24-19-5-3-2-4-18(19)23-12-10-22(11-13-23)15-17(20)14-16-6-8-21-9-7-16/h5-6,9-14,22-23H,2-4,7-8,15-20H2,1H3,(H,28,31);2-9,17H,10-15,20H2,1H3/t23-;17-/m11/s1. The van der Waals surface area contributed by atoms with Gasteiger partial charge >= 0.3 is 0 Å². The molecule has 2 aromatic carbocycles. The number of nitrogens with one attached hydrogen (secondary N) is 1. The van der Waals surface area contributed by atoms with Crippen molar-refractivity contribution >= 4 is 17.3 Å². The highest BCUT2D eigenvalue weighted by Crippen LogP contribution is 2.30. The van der Waals surface area contributed by atoms with Gasteiger partial charge in [-0.15, -0.1) is 0 Å². The highest BCUT2D eigenvalue weighted by Gasteiger charge is 2.27. The Labute approximate surface area is 334 Å². The number of nitrogens with two attached hydrogens (primary N) is 1. The van der Waals surface area contributed by atoms with Gasteiger partial charge in [-0.3, -0.25) is 24.6 Å². The quantitative estimate of drug-likeness (QED) is 0.176. The SMILES string of the molecule is COc1ccccc1N1CCN(C[C@@H](Cc2ccncc2)NC(=O)C2CCCCC2)CC1.COc1ccccc1N1CCN(C[C@H](N)Cc2ccncc2)CC1. The third kappa shape index (κ3) is 12.1. The minimum absolute atomic E-state index is 0.115. The van der Waals surface area contributed by atoms with Crippen LogP contribution in [0.3, 0.4) is 0 Å². The molecule has 4 aromatic rings. The van der Waals surface area contributed by atoms with Crippen LogP contribution < -0.4 is 30.3 Å². The Morgan fingerprint density at radius 3 is 1.62 bits per heavy atom. The monoisotopic (exact) mass is 762 g/mol. The number of anilines is 2. The van der Waals surface area contributed by atoms with E-state index < -0.39 is 0 Å². The average molecular weight is 763 g/mol. The van der Waals surface area contributed by atoms with Gasteiger partial charge in [0.25, 0.3) is 0 Å². The second-order valence-corrected chi connectivity index (χ2v) is 15.3. The maximum Gasteiger partial charge on any atom is 0.223 e. The summed E-state index contributed by atoms with van der Waals surface area (Å²) in [5, 5.41) is 3.41. The molecule has 2 aliphatic heterocycles. The first-order valence-corrected chi connectivity index (χ1v) is 20.5. The highest BCUT2D eigenvalue weighted by atomic mass is 16.5. The molecule has 11 nitrogen and oxygen atoms in total. The fraction of sp³-hybridized carbons (Fsp3) is 0.489. The predicted molar refractivity (Wildman–Crippen MR) is 226 cm³/mol. The van der Waals surface area contributed by atoms with E-state index in [1.54, 1.807) is 14.2 Å². The second kappa shape index (κ2) is 21.6. The molecule has 11 heteroatoms. The Hall–Kier alpha value is -4.71. The van der Waals surface area contributed by atoms with Gasteiger partial charge in [0.1, 0.15) is 11.5 Å². The number of rotatable bonds is 14. The van der Waals surface area contributed by atoms with Crippen LogP contribution in [-0.4, -0.2) is 117 Å². The van der Waals surface area contributed by atoms with Crippen molar-refractivity contribution in [2.75, 3.05) is 89.5 Å². The number of piperazine rings is 2. The van der Waals surface area contributed by atoms with E-state index in [4.69, 9.17) is 15.2 Å². The fourth-order valence-electron chi connectivity index (χ4n) is 8.30. The minimum atomic E-state index is 0.115. The van der Waals surface area contributed by atoms with Gasteiger partial charge in [0.05, 0.1) is 25.6 Å². The number of nitrogens with zero attached hydrogens (tertiary/aromatic N) is 6. The van der Waals surface area contributed by atoms with E-state index in [0.29, 0.717) is 0 Å². The van der Waals surface area contributed by atoms with Crippen LogP contribution in [0.25, 0.3) is 0 Å². The zero-order chi connectivity index (χ0) is 39.0. The molecule has 2 saturated heterocycles. The van der Waals surface area contributed by atoms with E-state index in [2.05, 4.69) is 71.3 Å². The van der Waals surface area contributed by atoms with Crippen molar-refractivity contribution in [3.63, 3.8) is 0 Å². The molecule has 2 atom stereocenters. The van der Waals surface area contributed by atoms with Crippen molar-refractivity contribution in [2.45, 2.75) is 57.0 Å². The van der Waals surface area contributed by atoms with Crippen molar-refractivity contribution in [1.29, 1.82) is 0 Å². The normalized spacial score (nSPS) is 18.0. The third-order valence-corrected chi connectivity index (χ3v) is 11.4. The lowest BCUT2D eigenvalue weighted by molar-refractivity contribution is -0.126. The summed E-state index contributed by atoms with van der Waals surface area (Å²) in [6.45, 7) is 9.74. The molecule has 300 valence electrons. The largest absolute Gasteiger partial charge is 0.495 e. The van der Waals surface area contributed by atoms with Crippen LogP contribution in [0, 0.1) is 5.92 Å². The van der Waals surface area contributed by atoms with E-state index in [-0.39, 0.29) is 23.9 Å². The molecule has 3 aliphatic rings. The van der Waals surface area contributed by atoms with Crippen molar-refractivity contribution in [2.24, 2.45) is 11.7 Å². The van der Waals surface area contributed by atoms with E-state index in [1.807, 2.05) is 61.2 Å². The molecule has 1 saturated carbocycles. The van der Waals surface area contributed by atoms with Gasteiger partial charge in [-0.1, -0.05) is 43.5 Å². The number of carbonyl (C=O) groups is 1. The number of carbonyl (C=O) groups excluding carboxylic acids is 1. The predicted octanol–water partition coefficient (Wildman–Crippen LogP) is 5.30. The van der Waals surface area contributed by atoms with Crippen LogP contribution in [-0.2, 0) is 17.6 Å². The maximum atomic E-state index is 13.0. The molecule has 2 aromatic heterocycles. The van der Waals surface area contributed by atoms with Gasteiger partial charge in [-0.05, 0) is 85.3 Å². The Balaban J connectivity index is 0.000000198. The molecule has 56 heavy (non-hydrogen) atoms. The van der Waals surface area contributed by atoms with Gasteiger partial charge < -0.3 is 30.3 Å². The third-order valence-electron chi connectivity index (χ3n) is 11.4. The lowest BCUT2D eigenvalue weighted by Gasteiger charge is -2.38. The molecule has 0 spiro atoms. The van der Waals surface area contributed by atoms with Gasteiger partial charge in [0.2, 0.25) is 5.91 Å². The molecule has 0 radical (unpaired) electrons. The first kappa shape index (κ1) is 40.9. The Morgan fingerprint density at radius 1 is 0.661 bits per heavy atom. The van der Waals surface area contributed by atoms with Crippen LogP contribution in [0.2, 0.25) is 0 Å². The number of ether oxygens (including phenoxy) is 2. The summed E-state index contributed by atoms with van der Waals surface area (Å²) in [6.07, 6.45) is 14.8. The topological polar surface area (TPSA) is 112 Å². The van der Waals surface area contributed by atoms with E-state index >= 15 is 0 Å². The molecule has 7 rings (SSSR count). The number of aromatic nitrogens is 2. The summed E-state index contributed by atoms with van der Waals surface area (Å²) in [4.78, 5) is 30.9. The summed E-state index contributed by atoms with van der Waals surface area (Å²) in [5.74, 6) is 2.30. The van der Waals surface area contributed by atoms with Crippen LogP contribution in [0.1, 0.15) is 43.2 Å². The van der Waals surface area contributed by atoms with E-state index in [0.717, 1.165) is 108 Å². The molecule has 0 unspecified atom stereocenters. The van der Waals surface area contributed by atoms with Crippen molar-refractivity contribution in [1.82, 2.24) is 25.1 Å².